The number of rotatable bonds is 5. The topological polar surface area (TPSA) is 85.3 Å². The summed E-state index contributed by atoms with van der Waals surface area (Å²) in [6, 6.07) is 13.3. The molecule has 0 aliphatic heterocycles. The van der Waals surface area contributed by atoms with Crippen molar-refractivity contribution in [3.05, 3.63) is 100 Å². The Bertz CT molecular complexity index is 1540. The van der Waals surface area contributed by atoms with Crippen molar-refractivity contribution in [2.45, 2.75) is 19.9 Å². The van der Waals surface area contributed by atoms with Crippen molar-refractivity contribution in [1.29, 1.82) is 0 Å². The molecule has 0 aliphatic carbocycles. The Hall–Kier alpha value is -4.26. The maximum atomic E-state index is 13.3. The van der Waals surface area contributed by atoms with Gasteiger partial charge in [-0.3, -0.25) is 9.78 Å². The lowest BCUT2D eigenvalue weighted by molar-refractivity contribution is -0.120. The number of furan rings is 1. The number of fused-ring (bicyclic) bond motifs is 2. The van der Waals surface area contributed by atoms with Gasteiger partial charge >= 0.3 is 5.63 Å². The van der Waals surface area contributed by atoms with Gasteiger partial charge in [-0.25, -0.2) is 9.18 Å². The zero-order valence-electron chi connectivity index (χ0n) is 17.7. The Balaban J connectivity index is 1.50. The summed E-state index contributed by atoms with van der Waals surface area (Å²) in [5, 5.41) is 4.33. The van der Waals surface area contributed by atoms with E-state index < -0.39 is 5.63 Å². The summed E-state index contributed by atoms with van der Waals surface area (Å²) >= 11 is 0. The van der Waals surface area contributed by atoms with E-state index in [4.69, 9.17) is 8.83 Å². The lowest BCUT2D eigenvalue weighted by Crippen LogP contribution is -2.27. The van der Waals surface area contributed by atoms with E-state index >= 15 is 0 Å². The zero-order valence-corrected chi connectivity index (χ0v) is 17.7. The quantitative estimate of drug-likeness (QED) is 0.391. The molecular formula is C26H19FN2O4. The minimum absolute atomic E-state index is 0.0938. The van der Waals surface area contributed by atoms with E-state index in [0.717, 1.165) is 22.1 Å². The molecule has 0 atom stereocenters. The number of aryl methyl sites for hydroxylation is 1. The van der Waals surface area contributed by atoms with Gasteiger partial charge in [-0.15, -0.1) is 0 Å². The van der Waals surface area contributed by atoms with Gasteiger partial charge in [-0.05, 0) is 53.9 Å². The summed E-state index contributed by atoms with van der Waals surface area (Å²) in [6.07, 6.45) is 4.81. The molecule has 7 heteroatoms. The van der Waals surface area contributed by atoms with Crippen LogP contribution in [0.25, 0.3) is 33.1 Å². The van der Waals surface area contributed by atoms with Gasteiger partial charge in [0.15, 0.2) is 0 Å². The number of amides is 1. The van der Waals surface area contributed by atoms with E-state index in [1.54, 1.807) is 43.8 Å². The van der Waals surface area contributed by atoms with Crippen molar-refractivity contribution >= 4 is 27.8 Å². The van der Waals surface area contributed by atoms with Gasteiger partial charge in [-0.1, -0.05) is 12.1 Å². The standard InChI is InChI=1S/C26H19FN2O4/c1-15-19-10-21-22(17-2-4-18(27)5-3-17)14-32-23(21)12-24(19)33-26(31)20(15)11-25(30)29-13-16-6-8-28-9-7-16/h2-10,12,14H,11,13H2,1H3,(H,29,30). The number of benzene rings is 2. The zero-order chi connectivity index (χ0) is 22.9. The molecule has 0 spiro atoms. The fraction of sp³-hybridized carbons (Fsp3) is 0.115. The molecule has 0 bridgehead atoms. The summed E-state index contributed by atoms with van der Waals surface area (Å²) in [7, 11) is 0. The number of carbonyl (C=O) groups is 1. The van der Waals surface area contributed by atoms with Gasteiger partial charge in [0, 0.05) is 41.3 Å². The molecule has 5 rings (SSSR count). The highest BCUT2D eigenvalue weighted by Gasteiger charge is 2.18. The van der Waals surface area contributed by atoms with Crippen molar-refractivity contribution < 1.29 is 18.0 Å². The molecule has 0 saturated carbocycles. The van der Waals surface area contributed by atoms with Crippen LogP contribution in [-0.4, -0.2) is 10.9 Å². The molecule has 0 radical (unpaired) electrons. The smallest absolute Gasteiger partial charge is 0.340 e. The minimum atomic E-state index is -0.552. The van der Waals surface area contributed by atoms with Crippen LogP contribution in [0.2, 0.25) is 0 Å². The molecule has 3 aromatic heterocycles. The summed E-state index contributed by atoms with van der Waals surface area (Å²) in [6.45, 7) is 2.14. The first-order valence-corrected chi connectivity index (χ1v) is 10.4. The van der Waals surface area contributed by atoms with Crippen LogP contribution < -0.4 is 10.9 Å². The van der Waals surface area contributed by atoms with Gasteiger partial charge in [0.25, 0.3) is 0 Å². The largest absolute Gasteiger partial charge is 0.464 e. The second-order valence-corrected chi connectivity index (χ2v) is 7.80. The molecule has 3 heterocycles. The van der Waals surface area contributed by atoms with Gasteiger partial charge in [0.2, 0.25) is 5.91 Å². The first-order valence-electron chi connectivity index (χ1n) is 10.4. The fourth-order valence-electron chi connectivity index (χ4n) is 3.89. The molecule has 0 aliphatic rings. The van der Waals surface area contributed by atoms with Crippen molar-refractivity contribution in [3.8, 4) is 11.1 Å². The summed E-state index contributed by atoms with van der Waals surface area (Å²) < 4.78 is 24.5. The van der Waals surface area contributed by atoms with Crippen LogP contribution in [0.4, 0.5) is 4.39 Å². The molecule has 0 unspecified atom stereocenters. The molecule has 0 saturated heterocycles. The lowest BCUT2D eigenvalue weighted by Gasteiger charge is -2.09. The summed E-state index contributed by atoms with van der Waals surface area (Å²) in [5.41, 5.74) is 3.88. The Morgan fingerprint density at radius 2 is 1.79 bits per heavy atom. The third kappa shape index (κ3) is 4.01. The summed E-state index contributed by atoms with van der Waals surface area (Å²) in [4.78, 5) is 29.1. The number of pyridine rings is 1. The van der Waals surface area contributed by atoms with Crippen molar-refractivity contribution in [1.82, 2.24) is 10.3 Å². The molecule has 164 valence electrons. The van der Waals surface area contributed by atoms with E-state index in [2.05, 4.69) is 10.3 Å². The SMILES string of the molecule is Cc1c(CC(=O)NCc2ccncc2)c(=O)oc2cc3occ(-c4ccc(F)cc4)c3cc12. The van der Waals surface area contributed by atoms with E-state index in [9.17, 15) is 14.0 Å². The van der Waals surface area contributed by atoms with Gasteiger partial charge in [-0.2, -0.15) is 0 Å². The van der Waals surface area contributed by atoms with Crippen molar-refractivity contribution in [3.63, 3.8) is 0 Å². The normalized spacial score (nSPS) is 11.2. The average Bonchev–Trinajstić information content (AvgIpc) is 3.23. The minimum Gasteiger partial charge on any atom is -0.464 e. The fourth-order valence-corrected chi connectivity index (χ4v) is 3.89. The Morgan fingerprint density at radius 3 is 2.55 bits per heavy atom. The van der Waals surface area contributed by atoms with Crippen LogP contribution in [0.15, 0.2) is 80.8 Å². The molecule has 6 nitrogen and oxygen atoms in total. The number of carbonyl (C=O) groups excluding carboxylic acids is 1. The predicted octanol–water partition coefficient (Wildman–Crippen LogP) is 4.91. The number of halogens is 1. The van der Waals surface area contributed by atoms with E-state index in [0.29, 0.717) is 34.2 Å². The molecule has 0 fully saturated rings. The third-order valence-electron chi connectivity index (χ3n) is 5.71. The number of hydrogen-bond acceptors (Lipinski definition) is 5. The maximum absolute atomic E-state index is 13.3. The molecule has 1 amide bonds. The highest BCUT2D eigenvalue weighted by atomic mass is 19.1. The van der Waals surface area contributed by atoms with E-state index in [1.165, 1.54) is 12.1 Å². The van der Waals surface area contributed by atoms with Crippen LogP contribution >= 0.6 is 0 Å². The van der Waals surface area contributed by atoms with Crippen LogP contribution in [0.3, 0.4) is 0 Å². The highest BCUT2D eigenvalue weighted by molar-refractivity contribution is 6.02. The second kappa shape index (κ2) is 8.35. The molecule has 2 aromatic carbocycles. The Kier molecular flexibility index (Phi) is 5.22. The second-order valence-electron chi connectivity index (χ2n) is 7.80. The molecule has 1 N–H and O–H groups in total. The predicted molar refractivity (Wildman–Crippen MR) is 122 cm³/mol. The monoisotopic (exact) mass is 442 g/mol. The molecule has 33 heavy (non-hydrogen) atoms. The lowest BCUT2D eigenvalue weighted by atomic mass is 9.99. The van der Waals surface area contributed by atoms with Gasteiger partial charge in [0.1, 0.15) is 17.0 Å². The number of nitrogens with zero attached hydrogens (tertiary/aromatic N) is 1. The van der Waals surface area contributed by atoms with Crippen molar-refractivity contribution in [2.24, 2.45) is 0 Å². The number of aromatic nitrogens is 1. The van der Waals surface area contributed by atoms with Gasteiger partial charge < -0.3 is 14.2 Å². The molecule has 5 aromatic rings. The molecular weight excluding hydrogens is 423 g/mol. The first kappa shape index (κ1) is 20.6. The van der Waals surface area contributed by atoms with Gasteiger partial charge in [0.05, 0.1) is 18.2 Å². The maximum Gasteiger partial charge on any atom is 0.340 e. The average molecular weight is 442 g/mol. The van der Waals surface area contributed by atoms with Crippen molar-refractivity contribution in [2.75, 3.05) is 0 Å². The van der Waals surface area contributed by atoms with Crippen LogP contribution in [0.1, 0.15) is 16.7 Å². The number of hydrogen-bond donors (Lipinski definition) is 1. The van der Waals surface area contributed by atoms with Crippen LogP contribution in [-0.2, 0) is 17.8 Å². The first-order chi connectivity index (χ1) is 16.0. The number of nitrogens with one attached hydrogen (secondary N) is 1. The highest BCUT2D eigenvalue weighted by Crippen LogP contribution is 2.34. The Morgan fingerprint density at radius 1 is 1.03 bits per heavy atom. The third-order valence-corrected chi connectivity index (χ3v) is 5.71. The summed E-state index contributed by atoms with van der Waals surface area (Å²) in [5.74, 6) is -0.598. The van der Waals surface area contributed by atoms with Crippen LogP contribution in [0, 0.1) is 12.7 Å². The van der Waals surface area contributed by atoms with E-state index in [1.807, 2.05) is 18.2 Å². The van der Waals surface area contributed by atoms with Crippen LogP contribution in [0.5, 0.6) is 0 Å². The van der Waals surface area contributed by atoms with E-state index in [-0.39, 0.29) is 18.1 Å². The Labute approximate surface area is 187 Å².